The zero-order valence-electron chi connectivity index (χ0n) is 18.4. The third-order valence-corrected chi connectivity index (χ3v) is 5.49. The first kappa shape index (κ1) is 20.6. The van der Waals surface area contributed by atoms with Crippen LogP contribution in [0.25, 0.3) is 22.3 Å². The Morgan fingerprint density at radius 1 is 1.23 bits per heavy atom. The Hall–Kier alpha value is -3.68. The fourth-order valence-electron chi connectivity index (χ4n) is 3.89. The molecule has 4 aromatic heterocycles. The van der Waals surface area contributed by atoms with Gasteiger partial charge in [0.25, 0.3) is 11.5 Å². The van der Waals surface area contributed by atoms with Crippen molar-refractivity contribution < 1.29 is 4.79 Å². The molecule has 0 radical (unpaired) electrons. The molecule has 8 heteroatoms. The summed E-state index contributed by atoms with van der Waals surface area (Å²) in [7, 11) is 1.84. The first-order valence-corrected chi connectivity index (χ1v) is 10.2. The van der Waals surface area contributed by atoms with Crippen molar-refractivity contribution in [2.45, 2.75) is 40.3 Å². The van der Waals surface area contributed by atoms with E-state index in [0.717, 1.165) is 27.9 Å². The van der Waals surface area contributed by atoms with Gasteiger partial charge in [0.15, 0.2) is 0 Å². The van der Waals surface area contributed by atoms with Crippen LogP contribution in [0.5, 0.6) is 0 Å². The minimum Gasteiger partial charge on any atom is -0.346 e. The third kappa shape index (κ3) is 3.76. The number of hydrogen-bond acceptors (Lipinski definition) is 4. The van der Waals surface area contributed by atoms with Crippen LogP contribution in [0.3, 0.4) is 0 Å². The molecule has 0 bridgehead atoms. The lowest BCUT2D eigenvalue weighted by Gasteiger charge is -2.13. The molecule has 4 rings (SSSR count). The molecule has 0 aliphatic carbocycles. The minimum absolute atomic E-state index is 0.129. The summed E-state index contributed by atoms with van der Waals surface area (Å²) in [5.41, 5.74) is 4.73. The maximum atomic E-state index is 13.2. The summed E-state index contributed by atoms with van der Waals surface area (Å²) in [5, 5.41) is 7.88. The van der Waals surface area contributed by atoms with Crippen LogP contribution in [-0.4, -0.2) is 30.2 Å². The lowest BCUT2D eigenvalue weighted by atomic mass is 10.1. The van der Waals surface area contributed by atoms with Gasteiger partial charge in [-0.05, 0) is 57.5 Å². The van der Waals surface area contributed by atoms with Gasteiger partial charge in [0.1, 0.15) is 5.69 Å². The van der Waals surface area contributed by atoms with E-state index in [9.17, 15) is 9.59 Å². The van der Waals surface area contributed by atoms with E-state index in [1.807, 2.05) is 51.4 Å². The van der Waals surface area contributed by atoms with Gasteiger partial charge in [-0.3, -0.25) is 14.3 Å². The first-order valence-electron chi connectivity index (χ1n) is 10.2. The molecule has 31 heavy (non-hydrogen) atoms. The molecule has 4 heterocycles. The van der Waals surface area contributed by atoms with E-state index in [0.29, 0.717) is 17.0 Å². The highest BCUT2D eigenvalue weighted by Gasteiger charge is 2.19. The molecule has 160 valence electrons. The molecule has 2 N–H and O–H groups in total. The monoisotopic (exact) mass is 418 g/mol. The van der Waals surface area contributed by atoms with E-state index in [2.05, 4.69) is 38.8 Å². The zero-order valence-corrected chi connectivity index (χ0v) is 18.4. The Kier molecular flexibility index (Phi) is 5.22. The summed E-state index contributed by atoms with van der Waals surface area (Å²) >= 11 is 0. The van der Waals surface area contributed by atoms with Gasteiger partial charge in [-0.15, -0.1) is 0 Å². The fraction of sp³-hybridized carbons (Fsp3) is 0.304. The van der Waals surface area contributed by atoms with Crippen LogP contribution >= 0.6 is 0 Å². The summed E-state index contributed by atoms with van der Waals surface area (Å²) < 4.78 is 3.84. The van der Waals surface area contributed by atoms with E-state index in [1.54, 1.807) is 10.9 Å². The lowest BCUT2D eigenvalue weighted by Crippen LogP contribution is -2.28. The first-order chi connectivity index (χ1) is 14.8. The molecule has 8 nitrogen and oxygen atoms in total. The second kappa shape index (κ2) is 7.86. The highest BCUT2D eigenvalue weighted by Crippen LogP contribution is 2.27. The van der Waals surface area contributed by atoms with Gasteiger partial charge in [-0.2, -0.15) is 5.10 Å². The van der Waals surface area contributed by atoms with Crippen LogP contribution in [-0.2, 0) is 13.6 Å². The number of rotatable bonds is 5. The van der Waals surface area contributed by atoms with Crippen LogP contribution < -0.4 is 10.9 Å². The second-order valence-electron chi connectivity index (χ2n) is 8.07. The van der Waals surface area contributed by atoms with Gasteiger partial charge in [0, 0.05) is 48.7 Å². The predicted molar refractivity (Wildman–Crippen MR) is 120 cm³/mol. The van der Waals surface area contributed by atoms with E-state index in [1.165, 1.54) is 0 Å². The number of H-pyrrole nitrogens is 1. The Morgan fingerprint density at radius 2 is 2.00 bits per heavy atom. The van der Waals surface area contributed by atoms with Crippen LogP contribution in [0, 0.1) is 13.8 Å². The fourth-order valence-corrected chi connectivity index (χ4v) is 3.89. The molecule has 0 spiro atoms. The lowest BCUT2D eigenvalue weighted by molar-refractivity contribution is 0.0947. The average Bonchev–Trinajstić information content (AvgIpc) is 3.32. The molecule has 1 amide bonds. The summed E-state index contributed by atoms with van der Waals surface area (Å²) in [6.45, 7) is 8.02. The van der Waals surface area contributed by atoms with Gasteiger partial charge in [0.2, 0.25) is 0 Å². The van der Waals surface area contributed by atoms with Gasteiger partial charge in [-0.25, -0.2) is 4.98 Å². The van der Waals surface area contributed by atoms with Crippen LogP contribution in [0.15, 0.2) is 41.5 Å². The van der Waals surface area contributed by atoms with Gasteiger partial charge in [-0.1, -0.05) is 0 Å². The van der Waals surface area contributed by atoms with E-state index < -0.39 is 0 Å². The maximum Gasteiger partial charge on any atom is 0.270 e. The number of hydrogen-bond donors (Lipinski definition) is 2. The largest absolute Gasteiger partial charge is 0.346 e. The molecular weight excluding hydrogens is 392 g/mol. The van der Waals surface area contributed by atoms with E-state index in [-0.39, 0.29) is 24.1 Å². The van der Waals surface area contributed by atoms with Crippen molar-refractivity contribution >= 4 is 16.8 Å². The predicted octanol–water partition coefficient (Wildman–Crippen LogP) is 3.25. The Balaban J connectivity index is 1.76. The summed E-state index contributed by atoms with van der Waals surface area (Å²) in [4.78, 5) is 33.0. The van der Waals surface area contributed by atoms with Crippen molar-refractivity contribution in [2.75, 3.05) is 0 Å². The number of pyridine rings is 2. The van der Waals surface area contributed by atoms with Crippen molar-refractivity contribution in [1.82, 2.24) is 29.6 Å². The van der Waals surface area contributed by atoms with Gasteiger partial charge in [0.05, 0.1) is 16.9 Å². The van der Waals surface area contributed by atoms with E-state index in [4.69, 9.17) is 0 Å². The van der Waals surface area contributed by atoms with Crippen molar-refractivity contribution in [1.29, 1.82) is 0 Å². The summed E-state index contributed by atoms with van der Waals surface area (Å²) in [5.74, 6) is -0.324. The smallest absolute Gasteiger partial charge is 0.270 e. The second-order valence-corrected chi connectivity index (χ2v) is 8.07. The zero-order chi connectivity index (χ0) is 22.3. The van der Waals surface area contributed by atoms with Gasteiger partial charge < -0.3 is 14.9 Å². The molecule has 0 atom stereocenters. The molecule has 0 unspecified atom stereocenters. The molecule has 0 aliphatic heterocycles. The molecule has 0 fully saturated rings. The number of carbonyl (C=O) groups excluding carboxylic acids is 1. The molecule has 0 saturated heterocycles. The molecule has 0 saturated carbocycles. The Labute approximate surface area is 179 Å². The number of aromatic nitrogens is 5. The number of fused-ring (bicyclic) bond motifs is 1. The topological polar surface area (TPSA) is 97.6 Å². The number of nitrogens with zero attached hydrogens (tertiary/aromatic N) is 4. The van der Waals surface area contributed by atoms with Crippen molar-refractivity contribution in [3.8, 4) is 11.4 Å². The van der Waals surface area contributed by atoms with Crippen LogP contribution in [0.1, 0.15) is 47.2 Å². The molecular formula is C23H26N6O2. The average molecular weight is 419 g/mol. The van der Waals surface area contributed by atoms with Crippen molar-refractivity contribution in [3.05, 3.63) is 69.5 Å². The highest BCUT2D eigenvalue weighted by molar-refractivity contribution is 6.05. The Bertz CT molecular complexity index is 1340. The Morgan fingerprint density at radius 3 is 2.65 bits per heavy atom. The van der Waals surface area contributed by atoms with Crippen molar-refractivity contribution in [3.63, 3.8) is 0 Å². The van der Waals surface area contributed by atoms with Crippen molar-refractivity contribution in [2.24, 2.45) is 7.05 Å². The number of amides is 1. The summed E-state index contributed by atoms with van der Waals surface area (Å²) in [6, 6.07) is 7.88. The minimum atomic E-state index is -0.324. The maximum absolute atomic E-state index is 13.2. The molecule has 4 aromatic rings. The molecule has 0 aliphatic rings. The number of nitrogens with one attached hydrogen (secondary N) is 2. The quantitative estimate of drug-likeness (QED) is 0.520. The van der Waals surface area contributed by atoms with E-state index >= 15 is 0 Å². The number of aryl methyl sites for hydroxylation is 3. The third-order valence-electron chi connectivity index (χ3n) is 5.49. The highest BCUT2D eigenvalue weighted by atomic mass is 16.2. The SMILES string of the molecule is Cc1cc(C)c(CNC(=O)c2nc(-c3ccnn3C)cc3c2ccn3C(C)C)c(=O)[nH]1. The molecule has 0 aromatic carbocycles. The van der Waals surface area contributed by atoms with Crippen LogP contribution in [0.2, 0.25) is 0 Å². The van der Waals surface area contributed by atoms with Crippen LogP contribution in [0.4, 0.5) is 0 Å². The number of aromatic amines is 1. The standard InChI is InChI=1S/C23H26N6O2/c1-13(2)29-9-7-16-20(29)11-18(19-6-8-25-28(19)5)27-21(16)23(31)24-12-17-14(3)10-15(4)26-22(17)30/h6-11,13H,12H2,1-5H3,(H,24,31)(H,26,30). The summed E-state index contributed by atoms with van der Waals surface area (Å²) in [6.07, 6.45) is 3.67. The normalized spacial score (nSPS) is 11.4. The van der Waals surface area contributed by atoms with Gasteiger partial charge >= 0.3 is 0 Å². The number of carbonyl (C=O) groups is 1.